The van der Waals surface area contributed by atoms with Gasteiger partial charge in [0.05, 0.1) is 6.61 Å². The maximum absolute atomic E-state index is 12.0. The molecule has 38 heavy (non-hydrogen) atoms. The van der Waals surface area contributed by atoms with Crippen molar-refractivity contribution in [1.29, 1.82) is 0 Å². The number of hydrogen-bond donors (Lipinski definition) is 1. The van der Waals surface area contributed by atoms with Crippen LogP contribution in [0.4, 0.5) is 0 Å². The minimum atomic E-state index is -0.773. The van der Waals surface area contributed by atoms with Gasteiger partial charge in [0.1, 0.15) is 6.61 Å². The van der Waals surface area contributed by atoms with Gasteiger partial charge in [-0.25, -0.2) is 0 Å². The minimum Gasteiger partial charge on any atom is -0.462 e. The van der Waals surface area contributed by atoms with Gasteiger partial charge in [-0.3, -0.25) is 9.59 Å². The van der Waals surface area contributed by atoms with Gasteiger partial charge in [0.15, 0.2) is 6.10 Å². The molecular weight excluding hydrogens is 476 g/mol. The van der Waals surface area contributed by atoms with Crippen LogP contribution in [0.3, 0.4) is 0 Å². The molecule has 0 aromatic heterocycles. The average molecular weight is 537 g/mol. The molecule has 1 N–H and O–H groups in total. The van der Waals surface area contributed by atoms with Crippen LogP contribution in [-0.4, -0.2) is 36.4 Å². The molecule has 0 aromatic rings. The Morgan fingerprint density at radius 1 is 0.579 bits per heavy atom. The fraction of sp³-hybridized carbons (Fsp3) is 0.818. The fourth-order valence-corrected chi connectivity index (χ4v) is 4.23. The van der Waals surface area contributed by atoms with E-state index < -0.39 is 6.10 Å². The van der Waals surface area contributed by atoms with E-state index in [-0.39, 0.29) is 25.2 Å². The first kappa shape index (κ1) is 36.4. The number of hydrogen-bond acceptors (Lipinski definition) is 5. The highest BCUT2D eigenvalue weighted by Gasteiger charge is 2.16. The Balaban J connectivity index is 3.62. The second kappa shape index (κ2) is 29.9. The van der Waals surface area contributed by atoms with Crippen molar-refractivity contribution in [3.63, 3.8) is 0 Å². The van der Waals surface area contributed by atoms with Crippen molar-refractivity contribution in [3.8, 4) is 0 Å². The van der Waals surface area contributed by atoms with Gasteiger partial charge >= 0.3 is 11.9 Å². The molecule has 5 nitrogen and oxygen atoms in total. The lowest BCUT2D eigenvalue weighted by molar-refractivity contribution is -0.161. The monoisotopic (exact) mass is 536 g/mol. The summed E-state index contributed by atoms with van der Waals surface area (Å²) in [6.45, 7) is 4.04. The quantitative estimate of drug-likeness (QED) is 0.0613. The summed E-state index contributed by atoms with van der Waals surface area (Å²) in [5.41, 5.74) is 0. The molecular formula is C33H60O5. The van der Waals surface area contributed by atoms with Crippen LogP contribution in [-0.2, 0) is 19.1 Å². The highest BCUT2D eigenvalue weighted by Crippen LogP contribution is 2.11. The predicted octanol–water partition coefficient (Wildman–Crippen LogP) is 9.17. The summed E-state index contributed by atoms with van der Waals surface area (Å²) >= 11 is 0. The summed E-state index contributed by atoms with van der Waals surface area (Å²) in [4.78, 5) is 24.0. The van der Waals surface area contributed by atoms with Crippen molar-refractivity contribution in [2.75, 3.05) is 13.2 Å². The van der Waals surface area contributed by atoms with E-state index in [4.69, 9.17) is 9.47 Å². The zero-order chi connectivity index (χ0) is 27.9. The van der Waals surface area contributed by atoms with Gasteiger partial charge in [-0.05, 0) is 57.8 Å². The highest BCUT2D eigenvalue weighted by molar-refractivity contribution is 5.70. The summed E-state index contributed by atoms with van der Waals surface area (Å²) in [5, 5.41) is 9.47. The number of unbranched alkanes of at least 4 members (excludes halogenated alkanes) is 16. The third kappa shape index (κ3) is 27.4. The lowest BCUT2D eigenvalue weighted by atomic mass is 10.1. The van der Waals surface area contributed by atoms with E-state index in [1.807, 2.05) is 0 Å². The molecule has 0 aliphatic rings. The standard InChI is InChI=1S/C33H60O5/c1-3-5-7-9-11-13-15-16-18-19-21-23-25-27-32(35)37-30-31(29-34)38-33(36)28-26-24-22-20-17-14-12-10-8-6-4-2/h10,12-13,15,31,34H,3-9,11,14,16-30H2,1-2H3. The molecule has 0 bridgehead atoms. The van der Waals surface area contributed by atoms with Gasteiger partial charge in [-0.15, -0.1) is 0 Å². The first-order valence-corrected chi connectivity index (χ1v) is 15.9. The molecule has 0 saturated carbocycles. The second-order valence-corrected chi connectivity index (χ2v) is 10.5. The van der Waals surface area contributed by atoms with Crippen LogP contribution >= 0.6 is 0 Å². The highest BCUT2D eigenvalue weighted by atomic mass is 16.6. The van der Waals surface area contributed by atoms with Crippen LogP contribution in [0.5, 0.6) is 0 Å². The number of esters is 2. The molecule has 0 heterocycles. The number of aliphatic hydroxyl groups is 1. The maximum Gasteiger partial charge on any atom is 0.306 e. The Kier molecular flexibility index (Phi) is 28.7. The Labute approximate surface area is 234 Å². The molecule has 222 valence electrons. The summed E-state index contributed by atoms with van der Waals surface area (Å²) in [7, 11) is 0. The van der Waals surface area contributed by atoms with Gasteiger partial charge in [-0.1, -0.05) is 109 Å². The van der Waals surface area contributed by atoms with Crippen LogP contribution in [0.15, 0.2) is 24.3 Å². The number of ether oxygens (including phenoxy) is 2. The minimum absolute atomic E-state index is 0.0718. The molecule has 0 saturated heterocycles. The van der Waals surface area contributed by atoms with Crippen molar-refractivity contribution in [3.05, 3.63) is 24.3 Å². The Morgan fingerprint density at radius 2 is 1.00 bits per heavy atom. The first-order valence-electron chi connectivity index (χ1n) is 15.9. The smallest absolute Gasteiger partial charge is 0.306 e. The third-order valence-electron chi connectivity index (χ3n) is 6.72. The van der Waals surface area contributed by atoms with E-state index in [0.717, 1.165) is 51.4 Å². The SMILES string of the molecule is CCCCC=CCCCCCCCC(=O)OC(CO)COC(=O)CCCCCCCC=CCCCCCC. The van der Waals surface area contributed by atoms with Crippen molar-refractivity contribution in [2.24, 2.45) is 0 Å². The summed E-state index contributed by atoms with van der Waals surface area (Å²) in [5.74, 6) is -0.615. The van der Waals surface area contributed by atoms with E-state index in [9.17, 15) is 14.7 Å². The van der Waals surface area contributed by atoms with Gasteiger partial charge < -0.3 is 14.6 Å². The second-order valence-electron chi connectivity index (χ2n) is 10.5. The van der Waals surface area contributed by atoms with Gasteiger partial charge in [-0.2, -0.15) is 0 Å². The van der Waals surface area contributed by atoms with Crippen molar-refractivity contribution >= 4 is 11.9 Å². The van der Waals surface area contributed by atoms with Crippen LogP contribution in [0.2, 0.25) is 0 Å². The lowest BCUT2D eigenvalue weighted by Gasteiger charge is -2.15. The molecule has 5 heteroatoms. The number of carbonyl (C=O) groups excluding carboxylic acids is 2. The van der Waals surface area contributed by atoms with E-state index in [1.54, 1.807) is 0 Å². The molecule has 0 spiro atoms. The molecule has 0 aliphatic carbocycles. The van der Waals surface area contributed by atoms with Crippen LogP contribution in [0, 0.1) is 0 Å². The predicted molar refractivity (Wildman–Crippen MR) is 159 cm³/mol. The van der Waals surface area contributed by atoms with Gasteiger partial charge in [0.25, 0.3) is 0 Å². The zero-order valence-corrected chi connectivity index (χ0v) is 24.9. The average Bonchev–Trinajstić information content (AvgIpc) is 2.92. The Hall–Kier alpha value is -1.62. The van der Waals surface area contributed by atoms with E-state index >= 15 is 0 Å². The summed E-state index contributed by atoms with van der Waals surface area (Å²) < 4.78 is 10.5. The van der Waals surface area contributed by atoms with Crippen molar-refractivity contribution < 1.29 is 24.2 Å². The molecule has 0 fully saturated rings. The van der Waals surface area contributed by atoms with E-state index in [1.165, 1.54) is 77.0 Å². The number of carbonyl (C=O) groups is 2. The molecule has 0 radical (unpaired) electrons. The van der Waals surface area contributed by atoms with Gasteiger partial charge in [0, 0.05) is 12.8 Å². The van der Waals surface area contributed by atoms with Crippen molar-refractivity contribution in [1.82, 2.24) is 0 Å². The summed E-state index contributed by atoms with van der Waals surface area (Å²) in [6, 6.07) is 0. The molecule has 0 aromatic carbocycles. The number of rotatable bonds is 28. The Bertz CT molecular complexity index is 584. The maximum atomic E-state index is 12.0. The van der Waals surface area contributed by atoms with Crippen LogP contribution in [0.25, 0.3) is 0 Å². The normalized spacial score (nSPS) is 12.4. The first-order chi connectivity index (χ1) is 18.6. The lowest BCUT2D eigenvalue weighted by Crippen LogP contribution is -2.28. The third-order valence-corrected chi connectivity index (χ3v) is 6.72. The zero-order valence-electron chi connectivity index (χ0n) is 24.9. The van der Waals surface area contributed by atoms with E-state index in [0.29, 0.717) is 12.8 Å². The molecule has 1 unspecified atom stereocenters. The molecule has 0 amide bonds. The van der Waals surface area contributed by atoms with Crippen LogP contribution in [0.1, 0.15) is 155 Å². The topological polar surface area (TPSA) is 72.8 Å². The number of aliphatic hydroxyl groups excluding tert-OH is 1. The largest absolute Gasteiger partial charge is 0.462 e. The van der Waals surface area contributed by atoms with E-state index in [2.05, 4.69) is 38.2 Å². The van der Waals surface area contributed by atoms with Crippen molar-refractivity contribution in [2.45, 2.75) is 161 Å². The van der Waals surface area contributed by atoms with Crippen LogP contribution < -0.4 is 0 Å². The summed E-state index contributed by atoms with van der Waals surface area (Å²) in [6.07, 6.45) is 32.2. The van der Waals surface area contributed by atoms with Gasteiger partial charge in [0.2, 0.25) is 0 Å². The number of allylic oxidation sites excluding steroid dienone is 4. The Morgan fingerprint density at radius 3 is 1.50 bits per heavy atom. The molecule has 0 rings (SSSR count). The molecule has 1 atom stereocenters. The molecule has 0 aliphatic heterocycles. The fourth-order valence-electron chi connectivity index (χ4n) is 4.23.